The highest BCUT2D eigenvalue weighted by Gasteiger charge is 2.19. The van der Waals surface area contributed by atoms with E-state index in [1.165, 1.54) is 15.4 Å². The van der Waals surface area contributed by atoms with Crippen molar-refractivity contribution in [2.24, 2.45) is 5.92 Å². The standard InChI is InChI=1S/C16H22N2S/c1-11(2)15(14-8-6-5-7-9-14)18-13(4)16-17-10-12(3)19-16/h5-11,13,15,18H,1-4H3. The van der Waals surface area contributed by atoms with E-state index in [0.29, 0.717) is 12.0 Å². The molecule has 2 atom stereocenters. The Kier molecular flexibility index (Phi) is 4.72. The van der Waals surface area contributed by atoms with Gasteiger partial charge in [-0.1, -0.05) is 44.2 Å². The van der Waals surface area contributed by atoms with E-state index in [4.69, 9.17) is 0 Å². The Morgan fingerprint density at radius 2 is 1.79 bits per heavy atom. The molecule has 2 rings (SSSR count). The highest BCUT2D eigenvalue weighted by molar-refractivity contribution is 7.11. The molecule has 1 aromatic carbocycles. The van der Waals surface area contributed by atoms with Gasteiger partial charge in [-0.2, -0.15) is 0 Å². The van der Waals surface area contributed by atoms with Gasteiger partial charge in [0, 0.05) is 17.1 Å². The Balaban J connectivity index is 2.13. The van der Waals surface area contributed by atoms with Crippen LogP contribution in [0.25, 0.3) is 0 Å². The van der Waals surface area contributed by atoms with Crippen molar-refractivity contribution < 1.29 is 0 Å². The number of nitrogens with one attached hydrogen (secondary N) is 1. The maximum absolute atomic E-state index is 4.48. The summed E-state index contributed by atoms with van der Waals surface area (Å²) in [7, 11) is 0. The minimum atomic E-state index is 0.284. The zero-order chi connectivity index (χ0) is 13.8. The molecule has 102 valence electrons. The first-order chi connectivity index (χ1) is 9.08. The van der Waals surface area contributed by atoms with Crippen LogP contribution in [0, 0.1) is 12.8 Å². The number of hydrogen-bond donors (Lipinski definition) is 1. The lowest BCUT2D eigenvalue weighted by Crippen LogP contribution is -2.28. The SMILES string of the molecule is Cc1cnc(C(C)NC(c2ccccc2)C(C)C)s1. The van der Waals surface area contributed by atoms with Gasteiger partial charge in [-0.05, 0) is 25.3 Å². The van der Waals surface area contributed by atoms with Crippen molar-refractivity contribution in [1.82, 2.24) is 10.3 Å². The predicted molar refractivity (Wildman–Crippen MR) is 82.4 cm³/mol. The number of thiazole rings is 1. The van der Waals surface area contributed by atoms with Gasteiger partial charge in [0.1, 0.15) is 5.01 Å². The normalized spacial score (nSPS) is 14.6. The molecule has 0 aliphatic heterocycles. The van der Waals surface area contributed by atoms with Crippen molar-refractivity contribution in [3.05, 3.63) is 52.0 Å². The molecule has 0 spiro atoms. The molecule has 0 amide bonds. The predicted octanol–water partition coefficient (Wildman–Crippen LogP) is 4.50. The molecule has 1 N–H and O–H groups in total. The van der Waals surface area contributed by atoms with Crippen LogP contribution in [-0.4, -0.2) is 4.98 Å². The van der Waals surface area contributed by atoms with Gasteiger partial charge < -0.3 is 5.32 Å². The van der Waals surface area contributed by atoms with E-state index in [-0.39, 0.29) is 6.04 Å². The molecule has 0 aliphatic carbocycles. The molecule has 1 aromatic heterocycles. The van der Waals surface area contributed by atoms with Crippen LogP contribution in [0.15, 0.2) is 36.5 Å². The average Bonchev–Trinajstić information content (AvgIpc) is 2.83. The summed E-state index contributed by atoms with van der Waals surface area (Å²) in [6.07, 6.45) is 1.95. The number of benzene rings is 1. The number of rotatable bonds is 5. The van der Waals surface area contributed by atoms with Crippen molar-refractivity contribution >= 4 is 11.3 Å². The highest BCUT2D eigenvalue weighted by Crippen LogP contribution is 2.27. The fraction of sp³-hybridized carbons (Fsp3) is 0.438. The van der Waals surface area contributed by atoms with Gasteiger partial charge in [0.2, 0.25) is 0 Å². The summed E-state index contributed by atoms with van der Waals surface area (Å²) < 4.78 is 0. The van der Waals surface area contributed by atoms with Crippen LogP contribution in [0.5, 0.6) is 0 Å². The second-order valence-corrected chi connectivity index (χ2v) is 6.60. The molecule has 0 fully saturated rings. The number of nitrogens with zero attached hydrogens (tertiary/aromatic N) is 1. The molecule has 2 aromatic rings. The fourth-order valence-electron chi connectivity index (χ4n) is 2.25. The highest BCUT2D eigenvalue weighted by atomic mass is 32.1. The molecule has 19 heavy (non-hydrogen) atoms. The van der Waals surface area contributed by atoms with E-state index in [1.54, 1.807) is 11.3 Å². The van der Waals surface area contributed by atoms with Crippen LogP contribution >= 0.6 is 11.3 Å². The van der Waals surface area contributed by atoms with Gasteiger partial charge in [0.15, 0.2) is 0 Å². The van der Waals surface area contributed by atoms with Crippen LogP contribution in [-0.2, 0) is 0 Å². The van der Waals surface area contributed by atoms with Gasteiger partial charge in [0.25, 0.3) is 0 Å². The monoisotopic (exact) mass is 274 g/mol. The largest absolute Gasteiger partial charge is 0.301 e. The minimum absolute atomic E-state index is 0.284. The second-order valence-electron chi connectivity index (χ2n) is 5.33. The lowest BCUT2D eigenvalue weighted by atomic mass is 9.95. The van der Waals surface area contributed by atoms with Gasteiger partial charge in [-0.15, -0.1) is 11.3 Å². The lowest BCUT2D eigenvalue weighted by molar-refractivity contribution is 0.374. The van der Waals surface area contributed by atoms with E-state index >= 15 is 0 Å². The second kappa shape index (κ2) is 6.31. The zero-order valence-electron chi connectivity index (χ0n) is 12.1. The van der Waals surface area contributed by atoms with Crippen LogP contribution in [0.2, 0.25) is 0 Å². The number of aromatic nitrogens is 1. The van der Waals surface area contributed by atoms with Gasteiger partial charge in [-0.25, -0.2) is 4.98 Å². The summed E-state index contributed by atoms with van der Waals surface area (Å²) in [5, 5.41) is 4.88. The Bertz CT molecular complexity index is 504. The van der Waals surface area contributed by atoms with Crippen molar-refractivity contribution in [2.75, 3.05) is 0 Å². The first-order valence-electron chi connectivity index (χ1n) is 6.81. The molecule has 0 saturated carbocycles. The third-order valence-corrected chi connectivity index (χ3v) is 4.36. The number of aryl methyl sites for hydroxylation is 1. The van der Waals surface area contributed by atoms with Crippen LogP contribution < -0.4 is 5.32 Å². The summed E-state index contributed by atoms with van der Waals surface area (Å²) >= 11 is 1.77. The van der Waals surface area contributed by atoms with Gasteiger partial charge in [-0.3, -0.25) is 0 Å². The fourth-order valence-corrected chi connectivity index (χ4v) is 3.03. The average molecular weight is 274 g/mol. The van der Waals surface area contributed by atoms with Crippen molar-refractivity contribution in [3.63, 3.8) is 0 Å². The summed E-state index contributed by atoms with van der Waals surface area (Å²) in [5.74, 6) is 0.547. The molecule has 0 radical (unpaired) electrons. The lowest BCUT2D eigenvalue weighted by Gasteiger charge is -2.26. The van der Waals surface area contributed by atoms with E-state index in [0.717, 1.165) is 0 Å². The Hall–Kier alpha value is -1.19. The van der Waals surface area contributed by atoms with E-state index < -0.39 is 0 Å². The summed E-state index contributed by atoms with van der Waals surface area (Å²) in [6, 6.07) is 11.3. The summed E-state index contributed by atoms with van der Waals surface area (Å²) in [5.41, 5.74) is 1.35. The third kappa shape index (κ3) is 3.64. The molecule has 0 bridgehead atoms. The maximum atomic E-state index is 4.48. The molecule has 3 heteroatoms. The first kappa shape index (κ1) is 14.2. The molecule has 2 nitrogen and oxygen atoms in total. The summed E-state index contributed by atoms with van der Waals surface area (Å²) in [6.45, 7) is 8.80. The Morgan fingerprint density at radius 1 is 1.11 bits per heavy atom. The van der Waals surface area contributed by atoms with E-state index in [2.05, 4.69) is 68.3 Å². The molecule has 0 aliphatic rings. The van der Waals surface area contributed by atoms with E-state index in [9.17, 15) is 0 Å². The quantitative estimate of drug-likeness (QED) is 0.868. The smallest absolute Gasteiger partial charge is 0.109 e. The van der Waals surface area contributed by atoms with E-state index in [1.807, 2.05) is 6.20 Å². The van der Waals surface area contributed by atoms with Crippen molar-refractivity contribution in [2.45, 2.75) is 39.8 Å². The van der Waals surface area contributed by atoms with Crippen LogP contribution in [0.3, 0.4) is 0 Å². The summed E-state index contributed by atoms with van der Waals surface area (Å²) in [4.78, 5) is 5.75. The molecule has 0 saturated heterocycles. The van der Waals surface area contributed by atoms with Crippen molar-refractivity contribution in [3.8, 4) is 0 Å². The Labute approximate surface area is 119 Å². The zero-order valence-corrected chi connectivity index (χ0v) is 12.9. The van der Waals surface area contributed by atoms with Crippen molar-refractivity contribution in [1.29, 1.82) is 0 Å². The third-order valence-electron chi connectivity index (χ3n) is 3.26. The molecular weight excluding hydrogens is 252 g/mol. The minimum Gasteiger partial charge on any atom is -0.301 e. The molecule has 1 heterocycles. The number of hydrogen-bond acceptors (Lipinski definition) is 3. The first-order valence-corrected chi connectivity index (χ1v) is 7.63. The molecule has 2 unspecified atom stereocenters. The molecular formula is C16H22N2S. The van der Waals surface area contributed by atoms with Crippen LogP contribution in [0.4, 0.5) is 0 Å². The van der Waals surface area contributed by atoms with Crippen LogP contribution in [0.1, 0.15) is 48.3 Å². The van der Waals surface area contributed by atoms with Gasteiger partial charge in [0.05, 0.1) is 6.04 Å². The Morgan fingerprint density at radius 3 is 2.32 bits per heavy atom. The maximum Gasteiger partial charge on any atom is 0.109 e. The van der Waals surface area contributed by atoms with Gasteiger partial charge >= 0.3 is 0 Å². The topological polar surface area (TPSA) is 24.9 Å².